The molecule has 0 aromatic heterocycles. The van der Waals surface area contributed by atoms with Crippen LogP contribution in [-0.2, 0) is 10.0 Å². The summed E-state index contributed by atoms with van der Waals surface area (Å²) in [7, 11) is -3.77. The number of nitrogens with one attached hydrogen (secondary N) is 1. The van der Waals surface area contributed by atoms with Crippen LogP contribution in [-0.4, -0.2) is 43.3 Å². The number of nitro benzene ring substituents is 1. The summed E-state index contributed by atoms with van der Waals surface area (Å²) in [6.07, 6.45) is 2.22. The summed E-state index contributed by atoms with van der Waals surface area (Å²) in [5.74, 6) is 0. The average Bonchev–Trinajstić information content (AvgIpc) is 2.55. The number of rotatable bonds is 6. The number of nitro groups is 1. The van der Waals surface area contributed by atoms with Crippen LogP contribution in [0.15, 0.2) is 17.0 Å². The van der Waals surface area contributed by atoms with Gasteiger partial charge in [0.25, 0.3) is 5.69 Å². The van der Waals surface area contributed by atoms with E-state index in [0.29, 0.717) is 24.1 Å². The average molecular weight is 392 g/mol. The number of aryl methyl sites for hydroxylation is 1. The quantitative estimate of drug-likeness (QED) is 0.594. The van der Waals surface area contributed by atoms with Crippen molar-refractivity contribution < 1.29 is 13.3 Å². The molecule has 25 heavy (non-hydrogen) atoms. The number of halogens is 1. The van der Waals surface area contributed by atoms with Crippen LogP contribution in [0.2, 0.25) is 0 Å². The lowest BCUT2D eigenvalue weighted by molar-refractivity contribution is -0.385. The van der Waals surface area contributed by atoms with Crippen molar-refractivity contribution in [2.45, 2.75) is 51.0 Å². The van der Waals surface area contributed by atoms with Crippen molar-refractivity contribution in [3.63, 3.8) is 0 Å². The number of hydrogen-bond donors (Lipinski definition) is 1. The zero-order valence-electron chi connectivity index (χ0n) is 14.8. The van der Waals surface area contributed by atoms with Crippen LogP contribution in [0.25, 0.3) is 0 Å². The molecule has 1 fully saturated rings. The lowest BCUT2D eigenvalue weighted by atomic mass is 10.1. The van der Waals surface area contributed by atoms with Gasteiger partial charge in [0.1, 0.15) is 0 Å². The number of hydrogen-bond acceptors (Lipinski definition) is 5. The highest BCUT2D eigenvalue weighted by atomic mass is 35.5. The monoisotopic (exact) mass is 391 g/mol. The highest BCUT2D eigenvalue weighted by Gasteiger charge is 2.34. The topological polar surface area (TPSA) is 92.6 Å². The third-order valence-corrected chi connectivity index (χ3v) is 6.64. The van der Waals surface area contributed by atoms with E-state index >= 15 is 0 Å². The third kappa shape index (κ3) is 4.69. The molecule has 0 amide bonds. The molecule has 142 valence electrons. The van der Waals surface area contributed by atoms with Crippen LogP contribution in [0.1, 0.15) is 37.3 Å². The zero-order valence-corrected chi connectivity index (χ0v) is 16.5. The second-order valence-electron chi connectivity index (χ2n) is 6.24. The van der Waals surface area contributed by atoms with E-state index in [1.807, 2.05) is 6.92 Å². The third-order valence-electron chi connectivity index (χ3n) is 4.56. The Bertz CT molecular complexity index is 718. The van der Waals surface area contributed by atoms with Gasteiger partial charge in [-0.25, -0.2) is 8.42 Å². The minimum atomic E-state index is -3.77. The predicted molar refractivity (Wildman–Crippen MR) is 99.9 cm³/mol. The van der Waals surface area contributed by atoms with Gasteiger partial charge < -0.3 is 5.32 Å². The molecule has 1 heterocycles. The predicted octanol–water partition coefficient (Wildman–Crippen LogP) is 2.79. The molecule has 1 saturated heterocycles. The molecular formula is C16H26ClN3O4S. The lowest BCUT2D eigenvalue weighted by Crippen LogP contribution is -2.46. The summed E-state index contributed by atoms with van der Waals surface area (Å²) in [4.78, 5) is 10.6. The fraction of sp³-hybridized carbons (Fsp3) is 0.625. The Labute approximate surface area is 155 Å². The van der Waals surface area contributed by atoms with E-state index in [2.05, 4.69) is 5.32 Å². The minimum absolute atomic E-state index is 0. The molecule has 0 aliphatic carbocycles. The van der Waals surface area contributed by atoms with E-state index in [1.165, 1.54) is 12.1 Å². The second-order valence-corrected chi connectivity index (χ2v) is 8.10. The molecule has 0 bridgehead atoms. The Morgan fingerprint density at radius 2 is 1.88 bits per heavy atom. The highest BCUT2D eigenvalue weighted by Crippen LogP contribution is 2.30. The molecule has 0 saturated carbocycles. The standard InChI is InChI=1S/C16H25N3O4S.ClH/c1-4-9-18(14-5-7-17-8-6-14)24(22,23)16-11-15(19(20)21)10-12(2)13(16)3;/h10-11,14,17H,4-9H2,1-3H3;1H. The second kappa shape index (κ2) is 8.93. The molecule has 1 aliphatic rings. The number of sulfonamides is 1. The maximum Gasteiger partial charge on any atom is 0.271 e. The first kappa shape index (κ1) is 21.8. The molecule has 0 radical (unpaired) electrons. The Morgan fingerprint density at radius 1 is 1.28 bits per heavy atom. The van der Waals surface area contributed by atoms with Gasteiger partial charge in [-0.15, -0.1) is 12.4 Å². The molecular weight excluding hydrogens is 366 g/mol. The van der Waals surface area contributed by atoms with Gasteiger partial charge in [0, 0.05) is 24.7 Å². The molecule has 1 aromatic rings. The molecule has 0 atom stereocenters. The first-order valence-electron chi connectivity index (χ1n) is 8.27. The van der Waals surface area contributed by atoms with Gasteiger partial charge >= 0.3 is 0 Å². The normalized spacial score (nSPS) is 15.8. The fourth-order valence-corrected chi connectivity index (χ4v) is 5.22. The largest absolute Gasteiger partial charge is 0.317 e. The Kier molecular flexibility index (Phi) is 7.80. The van der Waals surface area contributed by atoms with Crippen LogP contribution in [0, 0.1) is 24.0 Å². The van der Waals surface area contributed by atoms with E-state index in [4.69, 9.17) is 0 Å². The van der Waals surface area contributed by atoms with Gasteiger partial charge in [0.05, 0.1) is 9.82 Å². The van der Waals surface area contributed by atoms with Crippen molar-refractivity contribution in [1.29, 1.82) is 0 Å². The smallest absolute Gasteiger partial charge is 0.271 e. The SMILES string of the molecule is CCCN(C1CCNCC1)S(=O)(=O)c1cc([N+](=O)[O-])cc(C)c1C.Cl. The van der Waals surface area contributed by atoms with Gasteiger partial charge in [-0.1, -0.05) is 6.92 Å². The Morgan fingerprint density at radius 3 is 2.40 bits per heavy atom. The number of benzene rings is 1. The van der Waals surface area contributed by atoms with E-state index in [1.54, 1.807) is 18.2 Å². The van der Waals surface area contributed by atoms with Crippen LogP contribution >= 0.6 is 12.4 Å². The summed E-state index contributed by atoms with van der Waals surface area (Å²) < 4.78 is 28.0. The van der Waals surface area contributed by atoms with Crippen molar-refractivity contribution >= 4 is 28.1 Å². The minimum Gasteiger partial charge on any atom is -0.317 e. The maximum atomic E-state index is 13.3. The number of piperidine rings is 1. The van der Waals surface area contributed by atoms with Gasteiger partial charge in [-0.05, 0) is 57.3 Å². The molecule has 7 nitrogen and oxygen atoms in total. The summed E-state index contributed by atoms with van der Waals surface area (Å²) >= 11 is 0. The Hall–Kier alpha value is -1.22. The van der Waals surface area contributed by atoms with E-state index in [9.17, 15) is 18.5 Å². The molecule has 1 aliphatic heterocycles. The van der Waals surface area contributed by atoms with Crippen LogP contribution in [0.3, 0.4) is 0 Å². The molecule has 1 N–H and O–H groups in total. The summed E-state index contributed by atoms with van der Waals surface area (Å²) in [5, 5.41) is 14.4. The fourth-order valence-electron chi connectivity index (χ4n) is 3.12. The van der Waals surface area contributed by atoms with Crippen molar-refractivity contribution in [3.05, 3.63) is 33.4 Å². The number of nitrogens with zero attached hydrogens (tertiary/aromatic N) is 2. The van der Waals surface area contributed by atoms with Gasteiger partial charge in [0.15, 0.2) is 0 Å². The number of non-ortho nitro benzene ring substituents is 1. The van der Waals surface area contributed by atoms with Crippen molar-refractivity contribution in [1.82, 2.24) is 9.62 Å². The first-order valence-corrected chi connectivity index (χ1v) is 9.71. The van der Waals surface area contributed by atoms with E-state index in [0.717, 1.165) is 25.9 Å². The Balaban J connectivity index is 0.00000312. The zero-order chi connectivity index (χ0) is 17.9. The molecule has 0 unspecified atom stereocenters. The molecule has 2 rings (SSSR count). The van der Waals surface area contributed by atoms with E-state index in [-0.39, 0.29) is 29.0 Å². The summed E-state index contributed by atoms with van der Waals surface area (Å²) in [6.45, 7) is 7.35. The molecule has 0 spiro atoms. The molecule has 9 heteroatoms. The van der Waals surface area contributed by atoms with Gasteiger partial charge in [-0.2, -0.15) is 4.31 Å². The van der Waals surface area contributed by atoms with Crippen LogP contribution in [0.5, 0.6) is 0 Å². The first-order chi connectivity index (χ1) is 11.3. The lowest BCUT2D eigenvalue weighted by Gasteiger charge is -2.34. The van der Waals surface area contributed by atoms with Crippen molar-refractivity contribution in [3.8, 4) is 0 Å². The van der Waals surface area contributed by atoms with Crippen LogP contribution in [0.4, 0.5) is 5.69 Å². The van der Waals surface area contributed by atoms with Gasteiger partial charge in [-0.3, -0.25) is 10.1 Å². The van der Waals surface area contributed by atoms with Gasteiger partial charge in [0.2, 0.25) is 10.0 Å². The van der Waals surface area contributed by atoms with E-state index < -0.39 is 14.9 Å². The van der Waals surface area contributed by atoms with Crippen molar-refractivity contribution in [2.24, 2.45) is 0 Å². The van der Waals surface area contributed by atoms with Crippen LogP contribution < -0.4 is 5.32 Å². The summed E-state index contributed by atoms with van der Waals surface area (Å²) in [5.41, 5.74) is 1.01. The maximum absolute atomic E-state index is 13.3. The summed E-state index contributed by atoms with van der Waals surface area (Å²) in [6, 6.07) is 2.56. The highest BCUT2D eigenvalue weighted by molar-refractivity contribution is 7.89. The van der Waals surface area contributed by atoms with Crippen molar-refractivity contribution in [2.75, 3.05) is 19.6 Å². The molecule has 1 aromatic carbocycles.